The van der Waals surface area contributed by atoms with Crippen LogP contribution in [0.5, 0.6) is 5.75 Å². The molecule has 1 aromatic heterocycles. The SMILES string of the molecule is COc1ccc(S(=O)(=O)NCc2nc3ccccc3n2C)cc1NC(C)=O. The first-order valence-electron chi connectivity index (χ1n) is 8.17. The second-order valence-corrected chi connectivity index (χ2v) is 7.71. The maximum Gasteiger partial charge on any atom is 0.241 e. The van der Waals surface area contributed by atoms with Crippen LogP contribution in [-0.4, -0.2) is 31.0 Å². The highest BCUT2D eigenvalue weighted by molar-refractivity contribution is 7.89. The van der Waals surface area contributed by atoms with Gasteiger partial charge >= 0.3 is 0 Å². The van der Waals surface area contributed by atoms with Gasteiger partial charge in [-0.3, -0.25) is 4.79 Å². The lowest BCUT2D eigenvalue weighted by atomic mass is 10.3. The van der Waals surface area contributed by atoms with E-state index in [1.165, 1.54) is 32.2 Å². The van der Waals surface area contributed by atoms with E-state index in [4.69, 9.17) is 4.74 Å². The van der Waals surface area contributed by atoms with Gasteiger partial charge in [0.1, 0.15) is 11.6 Å². The minimum atomic E-state index is -3.81. The number of imidazole rings is 1. The molecule has 0 fully saturated rings. The van der Waals surface area contributed by atoms with Crippen LogP contribution < -0.4 is 14.8 Å². The van der Waals surface area contributed by atoms with Crippen molar-refractivity contribution < 1.29 is 17.9 Å². The van der Waals surface area contributed by atoms with E-state index >= 15 is 0 Å². The van der Waals surface area contributed by atoms with Gasteiger partial charge in [-0.2, -0.15) is 0 Å². The van der Waals surface area contributed by atoms with Crippen molar-refractivity contribution in [2.75, 3.05) is 12.4 Å². The number of aromatic nitrogens is 2. The third-order valence-corrected chi connectivity index (χ3v) is 5.49. The van der Waals surface area contributed by atoms with Crippen molar-refractivity contribution in [1.82, 2.24) is 14.3 Å². The van der Waals surface area contributed by atoms with Crippen molar-refractivity contribution in [1.29, 1.82) is 0 Å². The molecule has 1 heterocycles. The van der Waals surface area contributed by atoms with Crippen LogP contribution in [0, 0.1) is 0 Å². The molecule has 3 aromatic rings. The number of para-hydroxylation sites is 2. The number of sulfonamides is 1. The molecule has 8 nitrogen and oxygen atoms in total. The first kappa shape index (κ1) is 18.9. The van der Waals surface area contributed by atoms with E-state index < -0.39 is 10.0 Å². The largest absolute Gasteiger partial charge is 0.495 e. The topological polar surface area (TPSA) is 102 Å². The number of nitrogens with zero attached hydrogens (tertiary/aromatic N) is 2. The summed E-state index contributed by atoms with van der Waals surface area (Å²) in [5.74, 6) is 0.644. The number of rotatable bonds is 6. The van der Waals surface area contributed by atoms with E-state index in [1.807, 2.05) is 35.9 Å². The number of hydrogen-bond acceptors (Lipinski definition) is 5. The highest BCUT2D eigenvalue weighted by atomic mass is 32.2. The molecular weight excluding hydrogens is 368 g/mol. The van der Waals surface area contributed by atoms with Crippen LogP contribution in [0.1, 0.15) is 12.7 Å². The van der Waals surface area contributed by atoms with Gasteiger partial charge in [-0.05, 0) is 30.3 Å². The van der Waals surface area contributed by atoms with E-state index in [-0.39, 0.29) is 23.0 Å². The molecule has 0 aliphatic carbocycles. The minimum Gasteiger partial charge on any atom is -0.495 e. The van der Waals surface area contributed by atoms with E-state index in [2.05, 4.69) is 15.0 Å². The summed E-state index contributed by atoms with van der Waals surface area (Å²) < 4.78 is 34.9. The Labute approximate surface area is 157 Å². The second kappa shape index (κ2) is 7.37. The summed E-state index contributed by atoms with van der Waals surface area (Å²) in [6.45, 7) is 1.37. The summed E-state index contributed by atoms with van der Waals surface area (Å²) in [4.78, 5) is 15.8. The van der Waals surface area contributed by atoms with Gasteiger partial charge in [0, 0.05) is 14.0 Å². The second-order valence-electron chi connectivity index (χ2n) is 5.94. The molecule has 0 bridgehead atoms. The Morgan fingerprint density at radius 2 is 1.96 bits per heavy atom. The van der Waals surface area contributed by atoms with Crippen LogP contribution in [0.2, 0.25) is 0 Å². The Morgan fingerprint density at radius 1 is 1.22 bits per heavy atom. The monoisotopic (exact) mass is 388 g/mol. The molecule has 0 aliphatic heterocycles. The number of aryl methyl sites for hydroxylation is 1. The van der Waals surface area contributed by atoms with E-state index in [0.29, 0.717) is 11.6 Å². The highest BCUT2D eigenvalue weighted by Crippen LogP contribution is 2.27. The lowest BCUT2D eigenvalue weighted by Gasteiger charge is -2.12. The number of fused-ring (bicyclic) bond motifs is 1. The van der Waals surface area contributed by atoms with Crippen LogP contribution in [0.25, 0.3) is 11.0 Å². The zero-order valence-electron chi connectivity index (χ0n) is 15.2. The summed E-state index contributed by atoms with van der Waals surface area (Å²) in [6, 6.07) is 11.8. The maximum absolute atomic E-state index is 12.7. The van der Waals surface area contributed by atoms with Crippen LogP contribution in [0.4, 0.5) is 5.69 Å². The van der Waals surface area contributed by atoms with Gasteiger partial charge in [0.15, 0.2) is 0 Å². The molecule has 0 radical (unpaired) electrons. The Balaban J connectivity index is 1.85. The zero-order chi connectivity index (χ0) is 19.6. The van der Waals surface area contributed by atoms with Crippen molar-refractivity contribution in [3.63, 3.8) is 0 Å². The number of methoxy groups -OCH3 is 1. The van der Waals surface area contributed by atoms with Crippen molar-refractivity contribution in [3.05, 3.63) is 48.3 Å². The molecule has 0 spiro atoms. The number of nitrogens with one attached hydrogen (secondary N) is 2. The number of anilines is 1. The van der Waals surface area contributed by atoms with Gasteiger partial charge in [0.25, 0.3) is 0 Å². The molecule has 0 atom stereocenters. The number of hydrogen-bond donors (Lipinski definition) is 2. The van der Waals surface area contributed by atoms with Gasteiger partial charge in [-0.25, -0.2) is 18.1 Å². The van der Waals surface area contributed by atoms with Crippen molar-refractivity contribution in [2.45, 2.75) is 18.4 Å². The molecule has 0 saturated heterocycles. The number of carbonyl (C=O) groups excluding carboxylic acids is 1. The summed E-state index contributed by atoms with van der Waals surface area (Å²) >= 11 is 0. The third kappa shape index (κ3) is 3.93. The quantitative estimate of drug-likeness (QED) is 0.673. The molecule has 2 N–H and O–H groups in total. The first-order chi connectivity index (χ1) is 12.8. The molecule has 27 heavy (non-hydrogen) atoms. The zero-order valence-corrected chi connectivity index (χ0v) is 16.0. The lowest BCUT2D eigenvalue weighted by molar-refractivity contribution is -0.114. The van der Waals surface area contributed by atoms with Crippen LogP contribution in [-0.2, 0) is 28.4 Å². The number of benzene rings is 2. The molecular formula is C18H20N4O4S. The molecule has 0 aliphatic rings. The van der Waals surface area contributed by atoms with Gasteiger partial charge in [-0.1, -0.05) is 12.1 Å². The van der Waals surface area contributed by atoms with Gasteiger partial charge in [-0.15, -0.1) is 0 Å². The third-order valence-electron chi connectivity index (χ3n) is 4.09. The maximum atomic E-state index is 12.7. The Kier molecular flexibility index (Phi) is 5.15. The Bertz CT molecular complexity index is 1110. The average Bonchev–Trinajstić information content (AvgIpc) is 2.96. The Morgan fingerprint density at radius 3 is 2.63 bits per heavy atom. The first-order valence-corrected chi connectivity index (χ1v) is 9.66. The van der Waals surface area contributed by atoms with Gasteiger partial charge in [0.2, 0.25) is 15.9 Å². The fourth-order valence-electron chi connectivity index (χ4n) is 2.74. The average molecular weight is 388 g/mol. The van der Waals surface area contributed by atoms with Crippen molar-refractivity contribution >= 4 is 32.7 Å². The fraction of sp³-hybridized carbons (Fsp3) is 0.222. The number of amides is 1. The molecule has 2 aromatic carbocycles. The standard InChI is InChI=1S/C18H20N4O4S/c1-12(23)20-15-10-13(8-9-17(15)26-3)27(24,25)19-11-18-21-14-6-4-5-7-16(14)22(18)2/h4-10,19H,11H2,1-3H3,(H,20,23). The molecule has 0 unspecified atom stereocenters. The van der Waals surface area contributed by atoms with Crippen LogP contribution in [0.15, 0.2) is 47.4 Å². The highest BCUT2D eigenvalue weighted by Gasteiger charge is 2.18. The normalized spacial score (nSPS) is 11.5. The smallest absolute Gasteiger partial charge is 0.241 e. The minimum absolute atomic E-state index is 0.0193. The molecule has 9 heteroatoms. The number of ether oxygens (including phenoxy) is 1. The molecule has 0 saturated carbocycles. The van der Waals surface area contributed by atoms with E-state index in [0.717, 1.165) is 11.0 Å². The van der Waals surface area contributed by atoms with E-state index in [1.54, 1.807) is 0 Å². The van der Waals surface area contributed by atoms with E-state index in [9.17, 15) is 13.2 Å². The predicted molar refractivity (Wildman–Crippen MR) is 102 cm³/mol. The summed E-state index contributed by atoms with van der Waals surface area (Å²) in [7, 11) is -0.528. The molecule has 142 valence electrons. The van der Waals surface area contributed by atoms with Gasteiger partial charge < -0.3 is 14.6 Å². The molecule has 1 amide bonds. The summed E-state index contributed by atoms with van der Waals surface area (Å²) in [5.41, 5.74) is 2.01. The Hall–Kier alpha value is -2.91. The molecule has 3 rings (SSSR count). The van der Waals surface area contributed by atoms with Crippen molar-refractivity contribution in [3.8, 4) is 5.75 Å². The number of carbonyl (C=O) groups is 1. The predicted octanol–water partition coefficient (Wildman–Crippen LogP) is 2.02. The van der Waals surface area contributed by atoms with Crippen LogP contribution in [0.3, 0.4) is 0 Å². The lowest BCUT2D eigenvalue weighted by Crippen LogP contribution is -2.25. The fourth-order valence-corrected chi connectivity index (χ4v) is 3.74. The van der Waals surface area contributed by atoms with Gasteiger partial charge in [0.05, 0.1) is 35.3 Å². The van der Waals surface area contributed by atoms with Crippen molar-refractivity contribution in [2.24, 2.45) is 7.05 Å². The summed E-state index contributed by atoms with van der Waals surface area (Å²) in [6.07, 6.45) is 0. The summed E-state index contributed by atoms with van der Waals surface area (Å²) in [5, 5.41) is 2.56. The van der Waals surface area contributed by atoms with Crippen LogP contribution >= 0.6 is 0 Å².